The summed E-state index contributed by atoms with van der Waals surface area (Å²) in [5.74, 6) is 1.45. The molecule has 0 bridgehead atoms. The normalized spacial score (nSPS) is 12.2. The van der Waals surface area contributed by atoms with E-state index in [-0.39, 0.29) is 11.8 Å². The monoisotopic (exact) mass is 384 g/mol. The second-order valence-electron chi connectivity index (χ2n) is 6.80. The van der Waals surface area contributed by atoms with Crippen molar-refractivity contribution in [3.05, 3.63) is 53.5 Å². The largest absolute Gasteiger partial charge is 0.497 e. The van der Waals surface area contributed by atoms with Crippen LogP contribution in [0.3, 0.4) is 0 Å². The van der Waals surface area contributed by atoms with E-state index in [4.69, 9.17) is 9.47 Å². The minimum absolute atomic E-state index is 0.0204. The molecule has 0 fully saturated rings. The van der Waals surface area contributed by atoms with Crippen molar-refractivity contribution in [2.75, 3.05) is 14.2 Å². The van der Waals surface area contributed by atoms with Crippen LogP contribution in [0, 0.1) is 5.92 Å². The van der Waals surface area contributed by atoms with Crippen LogP contribution in [-0.2, 0) is 6.54 Å². The van der Waals surface area contributed by atoms with Crippen LogP contribution in [0.4, 0.5) is 0 Å². The highest BCUT2D eigenvalue weighted by Crippen LogP contribution is 2.23. The van der Waals surface area contributed by atoms with E-state index in [9.17, 15) is 9.90 Å². The Balaban J connectivity index is 1.79. The van der Waals surface area contributed by atoms with Crippen LogP contribution in [0.2, 0.25) is 0 Å². The van der Waals surface area contributed by atoms with E-state index in [2.05, 4.69) is 15.5 Å². The molecule has 28 heavy (non-hydrogen) atoms. The van der Waals surface area contributed by atoms with Gasteiger partial charge < -0.3 is 19.9 Å². The van der Waals surface area contributed by atoms with Crippen molar-refractivity contribution in [1.29, 1.82) is 0 Å². The molecule has 148 valence electrons. The molecular weight excluding hydrogens is 360 g/mol. The minimum Gasteiger partial charge on any atom is -0.497 e. The number of aromatic nitrogens is 3. The van der Waals surface area contributed by atoms with Crippen LogP contribution in [0.1, 0.15) is 41.7 Å². The molecule has 0 saturated carbocycles. The number of aliphatic hydroxyl groups excluding tert-OH is 1. The average molecular weight is 384 g/mol. The second kappa shape index (κ2) is 8.26. The first-order chi connectivity index (χ1) is 13.4. The number of hydrogen-bond acceptors (Lipinski definition) is 6. The molecule has 0 spiro atoms. The van der Waals surface area contributed by atoms with Crippen molar-refractivity contribution >= 4 is 11.6 Å². The zero-order valence-electron chi connectivity index (χ0n) is 16.3. The predicted molar refractivity (Wildman–Crippen MR) is 104 cm³/mol. The molecule has 0 aliphatic carbocycles. The maximum Gasteiger partial charge on any atom is 0.253 e. The lowest BCUT2D eigenvalue weighted by atomic mass is 10.1. The van der Waals surface area contributed by atoms with Crippen molar-refractivity contribution < 1.29 is 19.4 Å². The van der Waals surface area contributed by atoms with Gasteiger partial charge >= 0.3 is 0 Å². The van der Waals surface area contributed by atoms with Gasteiger partial charge in [0.25, 0.3) is 5.91 Å². The van der Waals surface area contributed by atoms with E-state index in [1.54, 1.807) is 43.0 Å². The van der Waals surface area contributed by atoms with Gasteiger partial charge in [0.2, 0.25) is 0 Å². The summed E-state index contributed by atoms with van der Waals surface area (Å²) in [5, 5.41) is 21.3. The summed E-state index contributed by atoms with van der Waals surface area (Å²) in [6, 6.07) is 8.82. The molecule has 3 rings (SSSR count). The first-order valence-electron chi connectivity index (χ1n) is 8.95. The van der Waals surface area contributed by atoms with Gasteiger partial charge in [0.15, 0.2) is 11.5 Å². The summed E-state index contributed by atoms with van der Waals surface area (Å²) in [7, 11) is 3.16. The fourth-order valence-electron chi connectivity index (χ4n) is 2.80. The third kappa shape index (κ3) is 4.07. The summed E-state index contributed by atoms with van der Waals surface area (Å²) in [5.41, 5.74) is 1.87. The molecule has 8 heteroatoms. The Morgan fingerprint density at radius 2 is 1.82 bits per heavy atom. The second-order valence-corrected chi connectivity index (χ2v) is 6.80. The smallest absolute Gasteiger partial charge is 0.253 e. The van der Waals surface area contributed by atoms with Gasteiger partial charge in [0.1, 0.15) is 17.6 Å². The predicted octanol–water partition coefficient (Wildman–Crippen LogP) is 2.37. The molecular formula is C20H24N4O4. The van der Waals surface area contributed by atoms with Crippen LogP contribution in [0.25, 0.3) is 5.65 Å². The van der Waals surface area contributed by atoms with Crippen LogP contribution in [0.15, 0.2) is 36.5 Å². The lowest BCUT2D eigenvalue weighted by molar-refractivity contribution is 0.0949. The number of aliphatic hydroxyl groups is 1. The first kappa shape index (κ1) is 19.6. The highest BCUT2D eigenvalue weighted by molar-refractivity contribution is 5.94. The highest BCUT2D eigenvalue weighted by Gasteiger charge is 2.19. The number of ether oxygens (including phenoxy) is 2. The molecule has 0 radical (unpaired) electrons. The van der Waals surface area contributed by atoms with Gasteiger partial charge in [-0.05, 0) is 35.7 Å². The number of methoxy groups -OCH3 is 2. The summed E-state index contributed by atoms with van der Waals surface area (Å²) in [6.45, 7) is 4.10. The zero-order chi connectivity index (χ0) is 20.3. The Bertz CT molecular complexity index is 961. The van der Waals surface area contributed by atoms with Crippen LogP contribution < -0.4 is 14.8 Å². The number of carbonyl (C=O) groups excluding carboxylic acids is 1. The van der Waals surface area contributed by atoms with Gasteiger partial charge in [-0.25, -0.2) is 0 Å². The molecule has 0 aliphatic heterocycles. The molecule has 0 saturated heterocycles. The van der Waals surface area contributed by atoms with E-state index in [1.165, 1.54) is 0 Å². The SMILES string of the molecule is COc1cc(CNC(=O)c2ccc3nnc(C(O)C(C)C)n3c2)cc(OC)c1. The van der Waals surface area contributed by atoms with Gasteiger partial charge in [-0.2, -0.15) is 0 Å². The number of rotatable bonds is 7. The van der Waals surface area contributed by atoms with Crippen molar-refractivity contribution in [2.24, 2.45) is 5.92 Å². The number of nitrogens with one attached hydrogen (secondary N) is 1. The Hall–Kier alpha value is -3.13. The molecule has 1 atom stereocenters. The number of carbonyl (C=O) groups is 1. The maximum atomic E-state index is 12.6. The molecule has 1 aromatic carbocycles. The third-order valence-corrected chi connectivity index (χ3v) is 4.45. The molecule has 2 N–H and O–H groups in total. The van der Waals surface area contributed by atoms with Gasteiger partial charge in [-0.3, -0.25) is 9.20 Å². The molecule has 0 aliphatic rings. The fraction of sp³-hybridized carbons (Fsp3) is 0.350. The summed E-state index contributed by atoms with van der Waals surface area (Å²) in [6.07, 6.45) is 0.871. The van der Waals surface area contributed by atoms with E-state index >= 15 is 0 Å². The van der Waals surface area contributed by atoms with Crippen molar-refractivity contribution in [3.63, 3.8) is 0 Å². The number of benzene rings is 1. The summed E-state index contributed by atoms with van der Waals surface area (Å²) < 4.78 is 12.1. The molecule has 3 aromatic rings. The van der Waals surface area contributed by atoms with Crippen molar-refractivity contribution in [2.45, 2.75) is 26.5 Å². The van der Waals surface area contributed by atoms with Crippen molar-refractivity contribution in [3.8, 4) is 11.5 Å². The lowest BCUT2D eigenvalue weighted by Gasteiger charge is -2.13. The molecule has 1 amide bonds. The first-order valence-corrected chi connectivity index (χ1v) is 8.95. The minimum atomic E-state index is -0.766. The Kier molecular flexibility index (Phi) is 5.79. The van der Waals surface area contributed by atoms with Crippen LogP contribution in [0.5, 0.6) is 11.5 Å². The number of fused-ring (bicyclic) bond motifs is 1. The summed E-state index contributed by atoms with van der Waals surface area (Å²) in [4.78, 5) is 12.6. The number of hydrogen-bond donors (Lipinski definition) is 2. The third-order valence-electron chi connectivity index (χ3n) is 4.45. The van der Waals surface area contributed by atoms with Gasteiger partial charge in [-0.1, -0.05) is 13.8 Å². The molecule has 2 aromatic heterocycles. The Labute approximate surface area is 163 Å². The molecule has 1 unspecified atom stereocenters. The lowest BCUT2D eigenvalue weighted by Crippen LogP contribution is -2.23. The zero-order valence-corrected chi connectivity index (χ0v) is 16.3. The van der Waals surface area contributed by atoms with Crippen LogP contribution in [-0.4, -0.2) is 39.8 Å². The van der Waals surface area contributed by atoms with E-state index in [0.717, 1.165) is 5.56 Å². The van der Waals surface area contributed by atoms with Gasteiger partial charge in [0.05, 0.1) is 19.8 Å². The van der Waals surface area contributed by atoms with Crippen molar-refractivity contribution in [1.82, 2.24) is 19.9 Å². The Morgan fingerprint density at radius 3 is 2.43 bits per heavy atom. The maximum absolute atomic E-state index is 12.6. The number of nitrogens with zero attached hydrogens (tertiary/aromatic N) is 3. The number of amides is 1. The number of pyridine rings is 1. The standard InChI is InChI=1S/C20H24N4O4/c1-12(2)18(25)19-23-22-17-6-5-14(11-24(17)19)20(26)21-10-13-7-15(27-3)9-16(8-13)28-4/h5-9,11-12,18,25H,10H2,1-4H3,(H,21,26). The fourth-order valence-corrected chi connectivity index (χ4v) is 2.80. The van der Waals surface area contributed by atoms with E-state index < -0.39 is 6.10 Å². The summed E-state index contributed by atoms with van der Waals surface area (Å²) >= 11 is 0. The van der Waals surface area contributed by atoms with E-state index in [1.807, 2.05) is 26.0 Å². The van der Waals surface area contributed by atoms with Crippen LogP contribution >= 0.6 is 0 Å². The average Bonchev–Trinajstić information content (AvgIpc) is 3.13. The highest BCUT2D eigenvalue weighted by atomic mass is 16.5. The van der Waals surface area contributed by atoms with E-state index in [0.29, 0.717) is 35.1 Å². The Morgan fingerprint density at radius 1 is 1.14 bits per heavy atom. The molecule has 2 heterocycles. The quantitative estimate of drug-likeness (QED) is 0.649. The van der Waals surface area contributed by atoms with Gasteiger partial charge in [0, 0.05) is 18.8 Å². The van der Waals surface area contributed by atoms with Gasteiger partial charge in [-0.15, -0.1) is 10.2 Å². The topological polar surface area (TPSA) is 98.0 Å². The molecule has 8 nitrogen and oxygen atoms in total.